The molecular formula is C23H24N2O4S. The first-order valence-corrected chi connectivity index (χ1v) is 11.1. The summed E-state index contributed by atoms with van der Waals surface area (Å²) in [5.41, 5.74) is 8.68. The molecule has 1 saturated carbocycles. The minimum absolute atomic E-state index is 0.0433. The van der Waals surface area contributed by atoms with Crippen LogP contribution >= 0.6 is 11.3 Å². The molecule has 156 valence electrons. The van der Waals surface area contributed by atoms with Gasteiger partial charge in [0.05, 0.1) is 18.0 Å². The smallest absolute Gasteiger partial charge is 0.341 e. The number of aryl methyl sites for hydroxylation is 1. The molecule has 0 radical (unpaired) electrons. The second kappa shape index (κ2) is 6.96. The number of carbonyl (C=O) groups is 1. The average Bonchev–Trinajstić information content (AvgIpc) is 3.48. The number of aromatic nitrogens is 1. The topological polar surface area (TPSA) is 94.6 Å². The molecule has 3 N–H and O–H groups in total. The van der Waals surface area contributed by atoms with Gasteiger partial charge in [-0.3, -0.25) is 4.79 Å². The van der Waals surface area contributed by atoms with Crippen molar-refractivity contribution in [3.63, 3.8) is 0 Å². The first-order valence-electron chi connectivity index (χ1n) is 10.3. The summed E-state index contributed by atoms with van der Waals surface area (Å²) in [6.45, 7) is 2.19. The molecular weight excluding hydrogens is 400 g/mol. The van der Waals surface area contributed by atoms with Gasteiger partial charge in [0.15, 0.2) is 5.75 Å². The van der Waals surface area contributed by atoms with E-state index in [1.807, 2.05) is 10.6 Å². The largest absolute Gasteiger partial charge is 0.494 e. The maximum Gasteiger partial charge on any atom is 0.341 e. The molecule has 0 bridgehead atoms. The van der Waals surface area contributed by atoms with Crippen LogP contribution in [0.25, 0.3) is 21.3 Å². The van der Waals surface area contributed by atoms with E-state index < -0.39 is 11.4 Å². The predicted molar refractivity (Wildman–Crippen MR) is 118 cm³/mol. The van der Waals surface area contributed by atoms with Gasteiger partial charge < -0.3 is 20.1 Å². The lowest BCUT2D eigenvalue weighted by molar-refractivity contribution is 0.0695. The van der Waals surface area contributed by atoms with Crippen molar-refractivity contribution in [3.8, 4) is 16.2 Å². The SMILES string of the molecule is COc1c(-c2cc3c(s2)C(N)C(C)CC3)ccc2c(=O)c(C(=O)O)cn(C3CC3)c12. The quantitative estimate of drug-likeness (QED) is 0.649. The second-order valence-corrected chi connectivity index (χ2v) is 9.48. The maximum atomic E-state index is 12.9. The van der Waals surface area contributed by atoms with E-state index in [-0.39, 0.29) is 17.6 Å². The first kappa shape index (κ1) is 19.3. The first-order chi connectivity index (χ1) is 14.4. The monoisotopic (exact) mass is 424 g/mol. The molecule has 0 saturated heterocycles. The minimum Gasteiger partial charge on any atom is -0.494 e. The number of carboxylic acid groups (broad SMARTS) is 1. The molecule has 2 aliphatic rings. The van der Waals surface area contributed by atoms with Crippen molar-refractivity contribution in [2.24, 2.45) is 11.7 Å². The van der Waals surface area contributed by atoms with Crippen molar-refractivity contribution in [3.05, 3.63) is 50.6 Å². The molecule has 0 spiro atoms. The van der Waals surface area contributed by atoms with Crippen molar-refractivity contribution < 1.29 is 14.6 Å². The van der Waals surface area contributed by atoms with Gasteiger partial charge in [0.1, 0.15) is 5.56 Å². The zero-order chi connectivity index (χ0) is 21.2. The molecule has 2 aliphatic carbocycles. The lowest BCUT2D eigenvalue weighted by Gasteiger charge is -2.25. The number of carboxylic acids is 1. The number of aromatic carboxylic acids is 1. The Morgan fingerprint density at radius 2 is 2.07 bits per heavy atom. The van der Waals surface area contributed by atoms with Gasteiger partial charge in [-0.25, -0.2) is 4.79 Å². The number of methoxy groups -OCH3 is 1. The van der Waals surface area contributed by atoms with Gasteiger partial charge in [0.25, 0.3) is 0 Å². The van der Waals surface area contributed by atoms with Crippen molar-refractivity contribution in [2.75, 3.05) is 7.11 Å². The van der Waals surface area contributed by atoms with Crippen LogP contribution < -0.4 is 15.9 Å². The molecule has 5 rings (SSSR count). The van der Waals surface area contributed by atoms with Crippen molar-refractivity contribution in [2.45, 2.75) is 44.7 Å². The fraction of sp³-hybridized carbons (Fsp3) is 0.391. The zero-order valence-corrected chi connectivity index (χ0v) is 17.8. The fourth-order valence-corrected chi connectivity index (χ4v) is 5.86. The molecule has 7 heteroatoms. The van der Waals surface area contributed by atoms with Crippen molar-refractivity contribution in [1.29, 1.82) is 0 Å². The lowest BCUT2D eigenvalue weighted by Crippen LogP contribution is -2.23. The van der Waals surface area contributed by atoms with E-state index in [4.69, 9.17) is 10.5 Å². The molecule has 0 aliphatic heterocycles. The Morgan fingerprint density at radius 1 is 1.30 bits per heavy atom. The van der Waals surface area contributed by atoms with Crippen molar-refractivity contribution in [1.82, 2.24) is 4.57 Å². The summed E-state index contributed by atoms with van der Waals surface area (Å²) in [5.74, 6) is -0.126. The molecule has 2 aromatic heterocycles. The van der Waals surface area contributed by atoms with Gasteiger partial charge in [-0.2, -0.15) is 0 Å². The number of rotatable bonds is 4. The highest BCUT2D eigenvalue weighted by Gasteiger charge is 2.30. The number of pyridine rings is 1. The summed E-state index contributed by atoms with van der Waals surface area (Å²) < 4.78 is 7.76. The molecule has 2 atom stereocenters. The fourth-order valence-electron chi connectivity index (χ4n) is 4.49. The van der Waals surface area contributed by atoms with Crippen LogP contribution in [0.5, 0.6) is 5.75 Å². The number of benzene rings is 1. The number of thiophene rings is 1. The molecule has 3 aromatic rings. The number of nitrogens with zero attached hydrogens (tertiary/aromatic N) is 1. The van der Waals surface area contributed by atoms with Gasteiger partial charge >= 0.3 is 5.97 Å². The molecule has 1 fully saturated rings. The minimum atomic E-state index is -1.20. The molecule has 6 nitrogen and oxygen atoms in total. The van der Waals surface area contributed by atoms with Crippen LogP contribution in [-0.2, 0) is 6.42 Å². The number of fused-ring (bicyclic) bond motifs is 2. The zero-order valence-electron chi connectivity index (χ0n) is 17.0. The standard InChI is InChI=1S/C23H24N2O4S/c1-11-3-4-12-9-17(30-22(12)18(11)24)14-7-8-15-19(21(14)29-2)25(13-5-6-13)10-16(20(15)26)23(27)28/h7-11,13,18H,3-6,24H2,1-2H3,(H,27,28). The van der Waals surface area contributed by atoms with E-state index in [1.165, 1.54) is 16.6 Å². The summed E-state index contributed by atoms with van der Waals surface area (Å²) in [4.78, 5) is 26.8. The predicted octanol–water partition coefficient (Wildman–Crippen LogP) is 4.35. The Hall–Kier alpha value is -2.64. The molecule has 2 unspecified atom stereocenters. The highest BCUT2D eigenvalue weighted by molar-refractivity contribution is 7.15. The van der Waals surface area contributed by atoms with E-state index in [0.717, 1.165) is 36.1 Å². The second-order valence-electron chi connectivity index (χ2n) is 8.40. The van der Waals surface area contributed by atoms with Crippen LogP contribution in [0.15, 0.2) is 29.2 Å². The molecule has 0 amide bonds. The van der Waals surface area contributed by atoms with Crippen LogP contribution in [0.2, 0.25) is 0 Å². The average molecular weight is 425 g/mol. The van der Waals surface area contributed by atoms with Crippen molar-refractivity contribution >= 4 is 28.2 Å². The maximum absolute atomic E-state index is 12.9. The third-order valence-electron chi connectivity index (χ3n) is 6.41. The Balaban J connectivity index is 1.77. The van der Waals surface area contributed by atoms with Crippen LogP contribution in [-0.4, -0.2) is 22.8 Å². The van der Waals surface area contributed by atoms with Gasteiger partial charge in [-0.15, -0.1) is 11.3 Å². The highest BCUT2D eigenvalue weighted by atomic mass is 32.1. The summed E-state index contributed by atoms with van der Waals surface area (Å²) in [6, 6.07) is 6.04. The number of ether oxygens (including phenoxy) is 1. The third kappa shape index (κ3) is 2.87. The normalized spacial score (nSPS) is 20.9. The summed E-state index contributed by atoms with van der Waals surface area (Å²) >= 11 is 1.69. The van der Waals surface area contributed by atoms with Crippen LogP contribution in [0.1, 0.15) is 59.1 Å². The van der Waals surface area contributed by atoms with Crippen LogP contribution in [0.3, 0.4) is 0 Å². The Morgan fingerprint density at radius 3 is 2.73 bits per heavy atom. The van der Waals surface area contributed by atoms with E-state index in [1.54, 1.807) is 24.5 Å². The Bertz CT molecular complexity index is 1240. The number of nitrogens with two attached hydrogens (primary N) is 1. The lowest BCUT2D eigenvalue weighted by atomic mass is 9.86. The van der Waals surface area contributed by atoms with Gasteiger partial charge in [0, 0.05) is 33.6 Å². The van der Waals surface area contributed by atoms with Crippen LogP contribution in [0.4, 0.5) is 0 Å². The van der Waals surface area contributed by atoms with Crippen LogP contribution in [0, 0.1) is 5.92 Å². The summed E-state index contributed by atoms with van der Waals surface area (Å²) in [6.07, 6.45) is 5.51. The van der Waals surface area contributed by atoms with Gasteiger partial charge in [0.2, 0.25) is 5.43 Å². The van der Waals surface area contributed by atoms with Gasteiger partial charge in [-0.1, -0.05) is 6.92 Å². The highest BCUT2D eigenvalue weighted by Crippen LogP contribution is 2.47. The Kier molecular flexibility index (Phi) is 4.48. The number of hydrogen-bond donors (Lipinski definition) is 2. The molecule has 30 heavy (non-hydrogen) atoms. The van der Waals surface area contributed by atoms with E-state index in [0.29, 0.717) is 22.6 Å². The molecule has 2 heterocycles. The van der Waals surface area contributed by atoms with E-state index in [9.17, 15) is 14.7 Å². The van der Waals surface area contributed by atoms with E-state index in [2.05, 4.69) is 13.0 Å². The van der Waals surface area contributed by atoms with E-state index >= 15 is 0 Å². The van der Waals surface area contributed by atoms with Gasteiger partial charge in [-0.05, 0) is 55.4 Å². The Labute approximate surface area is 177 Å². The number of hydrogen-bond acceptors (Lipinski definition) is 5. The summed E-state index contributed by atoms with van der Waals surface area (Å²) in [5, 5.41) is 9.88. The third-order valence-corrected chi connectivity index (χ3v) is 7.73. The molecule has 1 aromatic carbocycles. The summed E-state index contributed by atoms with van der Waals surface area (Å²) in [7, 11) is 1.60.